The Hall–Kier alpha value is -3.75. The number of methoxy groups -OCH3 is 1. The number of hydrogen-bond acceptors (Lipinski definition) is 9. The summed E-state index contributed by atoms with van der Waals surface area (Å²) < 4.78 is 16.3. The topological polar surface area (TPSA) is 116 Å². The first-order chi connectivity index (χ1) is 16.9. The van der Waals surface area contributed by atoms with Crippen molar-refractivity contribution in [2.24, 2.45) is 5.92 Å². The van der Waals surface area contributed by atoms with E-state index in [1.54, 1.807) is 18.3 Å². The van der Waals surface area contributed by atoms with Gasteiger partial charge in [-0.15, -0.1) is 5.10 Å². The number of ether oxygens (including phenoxy) is 2. The molecule has 0 spiro atoms. The van der Waals surface area contributed by atoms with Gasteiger partial charge in [0.05, 0.1) is 13.0 Å². The van der Waals surface area contributed by atoms with Crippen LogP contribution in [0, 0.1) is 5.92 Å². The van der Waals surface area contributed by atoms with Gasteiger partial charge in [0, 0.05) is 24.4 Å². The summed E-state index contributed by atoms with van der Waals surface area (Å²) in [6, 6.07) is 11.6. The molecule has 1 N–H and O–H groups in total. The molecule has 1 aliphatic carbocycles. The van der Waals surface area contributed by atoms with Gasteiger partial charge in [0.15, 0.2) is 0 Å². The minimum absolute atomic E-state index is 0.0155. The van der Waals surface area contributed by atoms with E-state index in [-0.39, 0.29) is 42.1 Å². The van der Waals surface area contributed by atoms with E-state index in [2.05, 4.69) is 34.3 Å². The fourth-order valence-electron chi connectivity index (χ4n) is 4.06. The predicted octanol–water partition coefficient (Wildman–Crippen LogP) is 4.87. The SMILES string of the molecule is COC(=O)C1CCC(Oc2ccc(CC(=O)c3nnc(Nc4ccc(C(C)C)cc4)o3)cn2)CC1. The molecule has 2 aromatic heterocycles. The van der Waals surface area contributed by atoms with E-state index < -0.39 is 0 Å². The summed E-state index contributed by atoms with van der Waals surface area (Å²) in [6.45, 7) is 4.27. The van der Waals surface area contributed by atoms with E-state index in [1.807, 2.05) is 24.3 Å². The average Bonchev–Trinajstić information content (AvgIpc) is 3.34. The molecule has 0 bridgehead atoms. The van der Waals surface area contributed by atoms with Crippen molar-refractivity contribution in [3.63, 3.8) is 0 Å². The molecule has 2 heterocycles. The standard InChI is InChI=1S/C26H30N4O5/c1-16(2)18-5-9-20(10-6-18)28-26-30-29-24(35-26)22(31)14-17-4-13-23(27-15-17)34-21-11-7-19(8-12-21)25(32)33-3/h4-6,9-10,13,15-16,19,21H,7-8,11-12,14H2,1-3H3,(H,28,30). The van der Waals surface area contributed by atoms with E-state index in [0.717, 1.165) is 31.4 Å². The van der Waals surface area contributed by atoms with Gasteiger partial charge >= 0.3 is 12.0 Å². The number of rotatable bonds is 9. The average molecular weight is 479 g/mol. The number of carbonyl (C=O) groups excluding carboxylic acids is 2. The molecule has 1 aromatic carbocycles. The van der Waals surface area contributed by atoms with Crippen molar-refractivity contribution in [1.29, 1.82) is 0 Å². The second kappa shape index (κ2) is 11.1. The van der Waals surface area contributed by atoms with Crippen LogP contribution in [0.3, 0.4) is 0 Å². The van der Waals surface area contributed by atoms with E-state index in [4.69, 9.17) is 13.9 Å². The lowest BCUT2D eigenvalue weighted by molar-refractivity contribution is -0.147. The van der Waals surface area contributed by atoms with E-state index in [1.165, 1.54) is 12.7 Å². The maximum Gasteiger partial charge on any atom is 0.320 e. The number of nitrogens with one attached hydrogen (secondary N) is 1. The predicted molar refractivity (Wildman–Crippen MR) is 129 cm³/mol. The van der Waals surface area contributed by atoms with Gasteiger partial charge in [-0.1, -0.05) is 37.1 Å². The van der Waals surface area contributed by atoms with Crippen LogP contribution in [-0.4, -0.2) is 40.1 Å². The van der Waals surface area contributed by atoms with Crippen molar-refractivity contribution in [2.75, 3.05) is 12.4 Å². The monoisotopic (exact) mass is 478 g/mol. The summed E-state index contributed by atoms with van der Waals surface area (Å²) in [7, 11) is 1.42. The number of benzene rings is 1. The molecular weight excluding hydrogens is 448 g/mol. The lowest BCUT2D eigenvalue weighted by Gasteiger charge is -2.27. The maximum atomic E-state index is 12.6. The number of hydrogen-bond donors (Lipinski definition) is 1. The van der Waals surface area contributed by atoms with E-state index in [9.17, 15) is 9.59 Å². The first-order valence-electron chi connectivity index (χ1n) is 11.8. The van der Waals surface area contributed by atoms with Crippen LogP contribution in [-0.2, 0) is 16.0 Å². The van der Waals surface area contributed by atoms with Gasteiger partial charge in [-0.2, -0.15) is 0 Å². The highest BCUT2D eigenvalue weighted by Gasteiger charge is 2.28. The van der Waals surface area contributed by atoms with Gasteiger partial charge in [-0.25, -0.2) is 4.98 Å². The summed E-state index contributed by atoms with van der Waals surface area (Å²) in [5.74, 6) is 0.383. The molecule has 9 heteroatoms. The molecule has 0 atom stereocenters. The molecule has 1 saturated carbocycles. The van der Waals surface area contributed by atoms with Crippen molar-refractivity contribution in [3.8, 4) is 5.88 Å². The number of carbonyl (C=O) groups is 2. The zero-order valence-electron chi connectivity index (χ0n) is 20.2. The molecule has 0 amide bonds. The summed E-state index contributed by atoms with van der Waals surface area (Å²) in [6.07, 6.45) is 4.75. The number of esters is 1. The third-order valence-electron chi connectivity index (χ3n) is 6.15. The maximum absolute atomic E-state index is 12.6. The van der Waals surface area contributed by atoms with Crippen LogP contribution < -0.4 is 10.1 Å². The third-order valence-corrected chi connectivity index (χ3v) is 6.15. The number of aromatic nitrogens is 3. The van der Waals surface area contributed by atoms with Crippen molar-refractivity contribution in [3.05, 3.63) is 59.6 Å². The molecule has 3 aromatic rings. The van der Waals surface area contributed by atoms with E-state index in [0.29, 0.717) is 17.4 Å². The lowest BCUT2D eigenvalue weighted by Crippen LogP contribution is -2.28. The van der Waals surface area contributed by atoms with Crippen LogP contribution in [0.2, 0.25) is 0 Å². The Labute approximate surface area is 204 Å². The Bertz CT molecular complexity index is 1130. The Morgan fingerprint density at radius 2 is 1.80 bits per heavy atom. The highest BCUT2D eigenvalue weighted by atomic mass is 16.5. The summed E-state index contributed by atoms with van der Waals surface area (Å²) in [5, 5.41) is 10.8. The van der Waals surface area contributed by atoms with Crippen molar-refractivity contribution in [1.82, 2.24) is 15.2 Å². The number of Topliss-reactive ketones (excluding diaryl/α,β-unsaturated/α-hetero) is 1. The summed E-state index contributed by atoms with van der Waals surface area (Å²) in [5.41, 5.74) is 2.75. The zero-order chi connectivity index (χ0) is 24.8. The third kappa shape index (κ3) is 6.44. The van der Waals surface area contributed by atoms with Gasteiger partial charge in [-0.3, -0.25) is 9.59 Å². The molecular formula is C26H30N4O5. The van der Waals surface area contributed by atoms with Crippen LogP contribution >= 0.6 is 0 Å². The fourth-order valence-corrected chi connectivity index (χ4v) is 4.06. The summed E-state index contributed by atoms with van der Waals surface area (Å²) >= 11 is 0. The van der Waals surface area contributed by atoms with Crippen LogP contribution in [0.5, 0.6) is 5.88 Å². The van der Waals surface area contributed by atoms with Crippen LogP contribution in [0.15, 0.2) is 47.0 Å². The largest absolute Gasteiger partial charge is 0.474 e. The molecule has 1 aliphatic rings. The van der Waals surface area contributed by atoms with Gasteiger partial charge < -0.3 is 19.2 Å². The number of pyridine rings is 1. The quantitative estimate of drug-likeness (QED) is 0.340. The van der Waals surface area contributed by atoms with Crippen molar-refractivity contribution in [2.45, 2.75) is 58.0 Å². The van der Waals surface area contributed by atoms with Crippen LogP contribution in [0.25, 0.3) is 0 Å². The van der Waals surface area contributed by atoms with Crippen LogP contribution in [0.4, 0.5) is 11.7 Å². The van der Waals surface area contributed by atoms with Crippen LogP contribution in [0.1, 0.15) is 67.3 Å². The number of anilines is 2. The highest BCUT2D eigenvalue weighted by molar-refractivity contribution is 5.93. The number of ketones is 1. The van der Waals surface area contributed by atoms with Crippen molar-refractivity contribution < 1.29 is 23.5 Å². The highest BCUT2D eigenvalue weighted by Crippen LogP contribution is 2.28. The first kappa shape index (κ1) is 24.4. The Kier molecular flexibility index (Phi) is 7.74. The molecule has 0 unspecified atom stereocenters. The zero-order valence-corrected chi connectivity index (χ0v) is 20.2. The summed E-state index contributed by atoms with van der Waals surface area (Å²) in [4.78, 5) is 28.6. The Morgan fingerprint density at radius 1 is 1.06 bits per heavy atom. The van der Waals surface area contributed by atoms with E-state index >= 15 is 0 Å². The van der Waals surface area contributed by atoms with Gasteiger partial charge in [-0.05, 0) is 54.9 Å². The molecule has 9 nitrogen and oxygen atoms in total. The first-order valence-corrected chi connectivity index (χ1v) is 11.8. The molecule has 35 heavy (non-hydrogen) atoms. The minimum Gasteiger partial charge on any atom is -0.474 e. The minimum atomic E-state index is -0.294. The normalized spacial score (nSPS) is 17.7. The molecule has 1 fully saturated rings. The van der Waals surface area contributed by atoms with Crippen molar-refractivity contribution >= 4 is 23.5 Å². The number of nitrogens with zero attached hydrogens (tertiary/aromatic N) is 3. The molecule has 0 aliphatic heterocycles. The smallest absolute Gasteiger partial charge is 0.320 e. The second-order valence-electron chi connectivity index (χ2n) is 9.03. The molecule has 4 rings (SSSR count). The Balaban J connectivity index is 1.27. The lowest BCUT2D eigenvalue weighted by atomic mass is 9.87. The Morgan fingerprint density at radius 3 is 2.43 bits per heavy atom. The van der Waals surface area contributed by atoms with Gasteiger partial charge in [0.2, 0.25) is 11.7 Å². The van der Waals surface area contributed by atoms with Gasteiger partial charge in [0.1, 0.15) is 6.10 Å². The van der Waals surface area contributed by atoms with Gasteiger partial charge in [0.25, 0.3) is 5.89 Å². The second-order valence-corrected chi connectivity index (χ2v) is 9.03. The fraction of sp³-hybridized carbons (Fsp3) is 0.423. The molecule has 184 valence electrons. The molecule has 0 saturated heterocycles. The molecule has 0 radical (unpaired) electrons.